The molecule has 3 N–H and O–H groups in total. The highest BCUT2D eigenvalue weighted by Gasteiger charge is 2.36. The number of guanidine groups is 1. The molecule has 0 radical (unpaired) electrons. The fourth-order valence-corrected chi connectivity index (χ4v) is 4.00. The first-order valence-corrected chi connectivity index (χ1v) is 10.5. The zero-order valence-electron chi connectivity index (χ0n) is 17.1. The predicted molar refractivity (Wildman–Crippen MR) is 122 cm³/mol. The maximum Gasteiger partial charge on any atom is 0.220 e. The van der Waals surface area contributed by atoms with E-state index in [0.29, 0.717) is 30.8 Å². The summed E-state index contributed by atoms with van der Waals surface area (Å²) in [6.45, 7) is 5.92. The van der Waals surface area contributed by atoms with Crippen molar-refractivity contribution < 1.29 is 9.53 Å². The molecule has 0 heterocycles. The summed E-state index contributed by atoms with van der Waals surface area (Å²) >= 11 is 0. The highest BCUT2D eigenvalue weighted by molar-refractivity contribution is 14.0. The topological polar surface area (TPSA) is 74.8 Å². The van der Waals surface area contributed by atoms with Crippen LogP contribution in [-0.2, 0) is 9.53 Å². The molecule has 2 aliphatic rings. The maximum absolute atomic E-state index is 12.0. The molecule has 0 aromatic heterocycles. The Morgan fingerprint density at radius 1 is 1.11 bits per heavy atom. The summed E-state index contributed by atoms with van der Waals surface area (Å²) < 4.78 is 5.26. The Hall–Kier alpha value is -0.570. The third kappa shape index (κ3) is 8.98. The minimum atomic E-state index is 0. The molecule has 27 heavy (non-hydrogen) atoms. The van der Waals surface area contributed by atoms with Crippen LogP contribution in [0.2, 0.25) is 0 Å². The average Bonchev–Trinajstić information content (AvgIpc) is 3.10. The van der Waals surface area contributed by atoms with E-state index >= 15 is 0 Å². The van der Waals surface area contributed by atoms with Gasteiger partial charge in [0, 0.05) is 46.3 Å². The zero-order valence-corrected chi connectivity index (χ0v) is 19.5. The van der Waals surface area contributed by atoms with Crippen LogP contribution in [0.15, 0.2) is 4.99 Å². The lowest BCUT2D eigenvalue weighted by molar-refractivity contribution is -0.121. The monoisotopic (exact) mass is 494 g/mol. The van der Waals surface area contributed by atoms with Crippen LogP contribution in [0.3, 0.4) is 0 Å². The molecule has 2 rings (SSSR count). The Kier molecular flexibility index (Phi) is 12.3. The van der Waals surface area contributed by atoms with Crippen LogP contribution in [0.25, 0.3) is 0 Å². The van der Waals surface area contributed by atoms with Crippen molar-refractivity contribution in [1.82, 2.24) is 16.0 Å². The maximum atomic E-state index is 12.0. The minimum Gasteiger partial charge on any atom is -0.385 e. The first-order valence-electron chi connectivity index (χ1n) is 10.5. The van der Waals surface area contributed by atoms with E-state index in [1.54, 1.807) is 7.11 Å². The number of nitrogens with one attached hydrogen (secondary N) is 3. The van der Waals surface area contributed by atoms with Crippen molar-refractivity contribution in [2.24, 2.45) is 16.3 Å². The van der Waals surface area contributed by atoms with Crippen molar-refractivity contribution in [2.75, 3.05) is 39.9 Å². The molecule has 0 aromatic rings. The molecule has 0 saturated heterocycles. The highest BCUT2D eigenvalue weighted by Crippen LogP contribution is 2.44. The van der Waals surface area contributed by atoms with Gasteiger partial charge >= 0.3 is 0 Å². The van der Waals surface area contributed by atoms with Gasteiger partial charge in [-0.25, -0.2) is 0 Å². The molecule has 0 aromatic carbocycles. The molecule has 1 amide bonds. The minimum absolute atomic E-state index is 0. The lowest BCUT2D eigenvalue weighted by Crippen LogP contribution is -2.43. The summed E-state index contributed by atoms with van der Waals surface area (Å²) in [5, 5.41) is 9.67. The molecule has 2 fully saturated rings. The Balaban J connectivity index is 0.00000364. The summed E-state index contributed by atoms with van der Waals surface area (Å²) in [4.78, 5) is 16.8. The van der Waals surface area contributed by atoms with Crippen LogP contribution in [-0.4, -0.2) is 51.8 Å². The average molecular weight is 494 g/mol. The molecule has 0 spiro atoms. The van der Waals surface area contributed by atoms with Crippen LogP contribution in [0.1, 0.15) is 64.7 Å². The van der Waals surface area contributed by atoms with Gasteiger partial charge in [-0.1, -0.05) is 19.3 Å². The molecule has 0 unspecified atom stereocenters. The van der Waals surface area contributed by atoms with Gasteiger partial charge < -0.3 is 20.7 Å². The number of hydrogen-bond acceptors (Lipinski definition) is 3. The van der Waals surface area contributed by atoms with E-state index < -0.39 is 0 Å². The lowest BCUT2D eigenvalue weighted by atomic mass is 9.67. The van der Waals surface area contributed by atoms with Crippen molar-refractivity contribution in [3.8, 4) is 0 Å². The quantitative estimate of drug-likeness (QED) is 0.179. The molecule has 6 nitrogen and oxygen atoms in total. The third-order valence-corrected chi connectivity index (χ3v) is 5.86. The lowest BCUT2D eigenvalue weighted by Gasteiger charge is -2.40. The van der Waals surface area contributed by atoms with Crippen molar-refractivity contribution >= 4 is 35.8 Å². The molecule has 0 bridgehead atoms. The fraction of sp³-hybridized carbons (Fsp3) is 0.900. The van der Waals surface area contributed by atoms with E-state index in [9.17, 15) is 4.79 Å². The zero-order chi connectivity index (χ0) is 18.7. The van der Waals surface area contributed by atoms with Gasteiger partial charge in [0.2, 0.25) is 5.91 Å². The molecule has 158 valence electrons. The Morgan fingerprint density at radius 2 is 1.81 bits per heavy atom. The van der Waals surface area contributed by atoms with Gasteiger partial charge in [-0.15, -0.1) is 24.0 Å². The summed E-state index contributed by atoms with van der Waals surface area (Å²) in [5.74, 6) is 1.64. The molecule has 2 aliphatic carbocycles. The predicted octanol–water partition coefficient (Wildman–Crippen LogP) is 3.06. The van der Waals surface area contributed by atoms with E-state index in [2.05, 4.69) is 22.9 Å². The van der Waals surface area contributed by atoms with E-state index in [1.165, 1.54) is 44.9 Å². The standard InChI is InChI=1S/C20H38N4O2.HI/c1-3-21-19(24-16-20(9-6-10-20)11-14-26-2)23-13-12-22-18(25)15-17-7-4-5-8-17;/h17H,3-16H2,1-2H3,(H,22,25)(H2,21,23,24);1H. The second-order valence-corrected chi connectivity index (χ2v) is 7.92. The van der Waals surface area contributed by atoms with E-state index in [-0.39, 0.29) is 29.9 Å². The molecule has 7 heteroatoms. The van der Waals surface area contributed by atoms with E-state index in [0.717, 1.165) is 32.1 Å². The SMILES string of the molecule is CCNC(=NCC1(CCOC)CCC1)NCCNC(=O)CC1CCCC1.I. The van der Waals surface area contributed by atoms with Gasteiger partial charge in [-0.2, -0.15) is 0 Å². The van der Waals surface area contributed by atoms with E-state index in [1.807, 2.05) is 0 Å². The molecule has 0 atom stereocenters. The number of ether oxygens (including phenoxy) is 1. The summed E-state index contributed by atoms with van der Waals surface area (Å²) in [6, 6.07) is 0. The van der Waals surface area contributed by atoms with Crippen LogP contribution in [0, 0.1) is 11.3 Å². The molecular formula is C20H39IN4O2. The van der Waals surface area contributed by atoms with Gasteiger partial charge in [0.1, 0.15) is 0 Å². The van der Waals surface area contributed by atoms with Gasteiger partial charge in [-0.05, 0) is 50.4 Å². The van der Waals surface area contributed by atoms with Gasteiger partial charge in [0.25, 0.3) is 0 Å². The summed E-state index contributed by atoms with van der Waals surface area (Å²) in [5.41, 5.74) is 0.327. The smallest absolute Gasteiger partial charge is 0.220 e. The number of aliphatic imine (C=N–C) groups is 1. The second-order valence-electron chi connectivity index (χ2n) is 7.92. The Labute approximate surface area is 182 Å². The van der Waals surface area contributed by atoms with Gasteiger partial charge in [0.15, 0.2) is 5.96 Å². The van der Waals surface area contributed by atoms with Crippen molar-refractivity contribution in [3.05, 3.63) is 0 Å². The van der Waals surface area contributed by atoms with Crippen LogP contribution < -0.4 is 16.0 Å². The summed E-state index contributed by atoms with van der Waals surface area (Å²) in [7, 11) is 1.77. The number of amides is 1. The normalized spacial score (nSPS) is 19.1. The number of methoxy groups -OCH3 is 1. The highest BCUT2D eigenvalue weighted by atomic mass is 127. The molecule has 0 aliphatic heterocycles. The number of hydrogen-bond donors (Lipinski definition) is 3. The third-order valence-electron chi connectivity index (χ3n) is 5.86. The van der Waals surface area contributed by atoms with Gasteiger partial charge in [0.05, 0.1) is 0 Å². The first kappa shape index (κ1) is 24.5. The van der Waals surface area contributed by atoms with Crippen molar-refractivity contribution in [2.45, 2.75) is 64.7 Å². The Bertz CT molecular complexity index is 449. The number of carbonyl (C=O) groups is 1. The second kappa shape index (κ2) is 13.6. The van der Waals surface area contributed by atoms with Crippen LogP contribution >= 0.6 is 24.0 Å². The Morgan fingerprint density at radius 3 is 2.41 bits per heavy atom. The van der Waals surface area contributed by atoms with Crippen molar-refractivity contribution in [1.29, 1.82) is 0 Å². The molecular weight excluding hydrogens is 455 g/mol. The van der Waals surface area contributed by atoms with E-state index in [4.69, 9.17) is 9.73 Å². The van der Waals surface area contributed by atoms with Crippen LogP contribution in [0.4, 0.5) is 0 Å². The number of halogens is 1. The summed E-state index contributed by atoms with van der Waals surface area (Å²) in [6.07, 6.45) is 10.6. The number of carbonyl (C=O) groups excluding carboxylic acids is 1. The molecule has 2 saturated carbocycles. The fourth-order valence-electron chi connectivity index (χ4n) is 4.00. The number of nitrogens with zero attached hydrogens (tertiary/aromatic N) is 1. The first-order chi connectivity index (χ1) is 12.7. The van der Waals surface area contributed by atoms with Crippen LogP contribution in [0.5, 0.6) is 0 Å². The largest absolute Gasteiger partial charge is 0.385 e. The number of rotatable bonds is 11. The van der Waals surface area contributed by atoms with Crippen molar-refractivity contribution in [3.63, 3.8) is 0 Å². The van der Waals surface area contributed by atoms with Gasteiger partial charge in [-0.3, -0.25) is 9.79 Å².